The quantitative estimate of drug-likeness (QED) is 0.688. The number of nitrogens with zero attached hydrogens (tertiary/aromatic N) is 2. The molecule has 152 valence electrons. The van der Waals surface area contributed by atoms with Crippen molar-refractivity contribution in [2.45, 2.75) is 24.4 Å². The molecule has 4 aliphatic heterocycles. The van der Waals surface area contributed by atoms with Gasteiger partial charge in [-0.1, -0.05) is 35.3 Å². The van der Waals surface area contributed by atoms with Crippen molar-refractivity contribution in [3.8, 4) is 0 Å². The number of fused-ring (bicyclic) bond motifs is 7. The minimum absolute atomic E-state index is 0.153. The van der Waals surface area contributed by atoms with Gasteiger partial charge in [-0.3, -0.25) is 19.3 Å². The van der Waals surface area contributed by atoms with Gasteiger partial charge < -0.3 is 5.32 Å². The number of anilines is 2. The highest BCUT2D eigenvalue weighted by Crippen LogP contribution is 2.61. The van der Waals surface area contributed by atoms with Gasteiger partial charge in [-0.15, -0.1) is 0 Å². The number of carbonyl (C=O) groups is 3. The summed E-state index contributed by atoms with van der Waals surface area (Å²) in [6.45, 7) is 0.665. The second kappa shape index (κ2) is 6.06. The Hall–Kier alpha value is -2.41. The summed E-state index contributed by atoms with van der Waals surface area (Å²) in [6, 6.07) is 11.8. The average Bonchev–Trinajstić information content (AvgIpc) is 3.42. The molecule has 3 amide bonds. The summed E-state index contributed by atoms with van der Waals surface area (Å²) in [5, 5.41) is 3.87. The summed E-state index contributed by atoms with van der Waals surface area (Å²) in [4.78, 5) is 44.1. The molecule has 0 aliphatic carbocycles. The van der Waals surface area contributed by atoms with Gasteiger partial charge in [-0.2, -0.15) is 0 Å². The maximum absolute atomic E-state index is 13.7. The van der Waals surface area contributed by atoms with E-state index < -0.39 is 17.4 Å². The van der Waals surface area contributed by atoms with Crippen molar-refractivity contribution in [2.24, 2.45) is 11.8 Å². The molecule has 6 nitrogen and oxygen atoms in total. The largest absolute Gasteiger partial charge is 0.323 e. The fourth-order valence-electron chi connectivity index (χ4n) is 6.04. The first kappa shape index (κ1) is 18.4. The zero-order valence-electron chi connectivity index (χ0n) is 15.8. The molecule has 4 heterocycles. The lowest BCUT2D eigenvalue weighted by atomic mass is 9.75. The first-order chi connectivity index (χ1) is 14.5. The van der Waals surface area contributed by atoms with Crippen molar-refractivity contribution < 1.29 is 14.4 Å². The Balaban J connectivity index is 1.56. The van der Waals surface area contributed by atoms with Crippen molar-refractivity contribution in [2.75, 3.05) is 16.8 Å². The molecule has 30 heavy (non-hydrogen) atoms. The lowest BCUT2D eigenvalue weighted by molar-refractivity contribution is -0.135. The van der Waals surface area contributed by atoms with E-state index in [-0.39, 0.29) is 23.8 Å². The topological polar surface area (TPSA) is 69.7 Å². The third kappa shape index (κ3) is 2.02. The van der Waals surface area contributed by atoms with Crippen LogP contribution in [0.2, 0.25) is 10.0 Å². The zero-order chi connectivity index (χ0) is 20.8. The van der Waals surface area contributed by atoms with E-state index in [4.69, 9.17) is 23.2 Å². The molecule has 0 aromatic heterocycles. The number of hydrogen-bond acceptors (Lipinski definition) is 4. The van der Waals surface area contributed by atoms with Crippen LogP contribution in [0, 0.1) is 11.8 Å². The number of nitrogens with one attached hydrogen (secondary N) is 1. The first-order valence-corrected chi connectivity index (χ1v) is 10.7. The van der Waals surface area contributed by atoms with Gasteiger partial charge in [0, 0.05) is 16.6 Å². The lowest BCUT2D eigenvalue weighted by Gasteiger charge is -2.36. The lowest BCUT2D eigenvalue weighted by Crippen LogP contribution is -2.54. The molecule has 2 aromatic carbocycles. The zero-order valence-corrected chi connectivity index (χ0v) is 17.3. The van der Waals surface area contributed by atoms with E-state index in [0.29, 0.717) is 33.5 Å². The van der Waals surface area contributed by atoms with E-state index in [0.717, 1.165) is 12.8 Å². The maximum atomic E-state index is 13.7. The van der Waals surface area contributed by atoms with E-state index in [1.165, 1.54) is 4.90 Å². The molecular formula is C22H17Cl2N3O3. The number of halogens is 2. The Morgan fingerprint density at radius 1 is 1.00 bits per heavy atom. The van der Waals surface area contributed by atoms with Crippen molar-refractivity contribution in [3.05, 3.63) is 58.1 Å². The maximum Gasteiger partial charge on any atom is 0.250 e. The highest BCUT2D eigenvalue weighted by atomic mass is 35.5. The predicted molar refractivity (Wildman–Crippen MR) is 112 cm³/mol. The van der Waals surface area contributed by atoms with Crippen molar-refractivity contribution in [1.82, 2.24) is 4.90 Å². The van der Waals surface area contributed by atoms with Crippen molar-refractivity contribution >= 4 is 52.3 Å². The molecule has 4 aliphatic rings. The van der Waals surface area contributed by atoms with Gasteiger partial charge in [0.2, 0.25) is 11.8 Å². The molecule has 0 bridgehead atoms. The minimum Gasteiger partial charge on any atom is -0.323 e. The molecule has 0 radical (unpaired) electrons. The number of rotatable bonds is 1. The van der Waals surface area contributed by atoms with Gasteiger partial charge >= 0.3 is 0 Å². The summed E-state index contributed by atoms with van der Waals surface area (Å²) in [6.07, 6.45) is 1.65. The molecule has 6 rings (SSSR count). The monoisotopic (exact) mass is 441 g/mol. The second-order valence-corrected chi connectivity index (χ2v) is 9.12. The molecule has 3 saturated heterocycles. The van der Waals surface area contributed by atoms with Gasteiger partial charge in [0.25, 0.3) is 5.91 Å². The highest BCUT2D eigenvalue weighted by Gasteiger charge is 2.74. The number of imide groups is 1. The molecule has 0 saturated carbocycles. The predicted octanol–water partition coefficient (Wildman–Crippen LogP) is 3.42. The van der Waals surface area contributed by atoms with E-state index in [9.17, 15) is 14.4 Å². The molecule has 1 spiro atoms. The molecule has 3 fully saturated rings. The fraction of sp³-hybridized carbons (Fsp3) is 0.318. The van der Waals surface area contributed by atoms with E-state index in [2.05, 4.69) is 10.2 Å². The van der Waals surface area contributed by atoms with Gasteiger partial charge in [0.15, 0.2) is 0 Å². The van der Waals surface area contributed by atoms with E-state index in [1.54, 1.807) is 36.4 Å². The Kier molecular flexibility index (Phi) is 3.71. The highest BCUT2D eigenvalue weighted by molar-refractivity contribution is 6.35. The van der Waals surface area contributed by atoms with Crippen LogP contribution < -0.4 is 10.2 Å². The van der Waals surface area contributed by atoms with Crippen molar-refractivity contribution in [3.63, 3.8) is 0 Å². The van der Waals surface area contributed by atoms with Crippen LogP contribution in [0.5, 0.6) is 0 Å². The number of benzene rings is 2. The third-order valence-electron chi connectivity index (χ3n) is 7.06. The van der Waals surface area contributed by atoms with Gasteiger partial charge in [-0.25, -0.2) is 4.90 Å². The average molecular weight is 442 g/mol. The van der Waals surface area contributed by atoms with Crippen LogP contribution in [-0.4, -0.2) is 35.2 Å². The smallest absolute Gasteiger partial charge is 0.250 e. The number of hydrogen-bond donors (Lipinski definition) is 1. The van der Waals surface area contributed by atoms with Crippen LogP contribution in [0.15, 0.2) is 42.5 Å². The summed E-state index contributed by atoms with van der Waals surface area (Å²) in [5.41, 5.74) is 0.507. The number of para-hydroxylation sites is 1. The fourth-order valence-corrected chi connectivity index (χ4v) is 6.39. The Labute approximate surface area is 182 Å². The first-order valence-electron chi connectivity index (χ1n) is 9.97. The van der Waals surface area contributed by atoms with E-state index in [1.807, 2.05) is 6.07 Å². The number of amides is 3. The van der Waals surface area contributed by atoms with Gasteiger partial charge in [0.1, 0.15) is 5.54 Å². The van der Waals surface area contributed by atoms with Crippen LogP contribution in [-0.2, 0) is 19.9 Å². The van der Waals surface area contributed by atoms with Crippen LogP contribution in [0.4, 0.5) is 11.4 Å². The standard InChI is InChI=1S/C22H17Cl2N3O3/c23-11-6-8-12(9-7-11)27-19(28)16-15-5-2-10-26(15)22(17(16)20(27)29)13-3-1-4-14(24)18(13)25-21(22)30/h1,3-4,6-9,15-17H,2,5,10H2,(H,25,30). The molecule has 1 N–H and O–H groups in total. The molecule has 4 atom stereocenters. The summed E-state index contributed by atoms with van der Waals surface area (Å²) in [7, 11) is 0. The van der Waals surface area contributed by atoms with Crippen LogP contribution in [0.3, 0.4) is 0 Å². The second-order valence-electron chi connectivity index (χ2n) is 8.28. The normalized spacial score (nSPS) is 32.0. The Bertz CT molecular complexity index is 1130. The summed E-state index contributed by atoms with van der Waals surface area (Å²) >= 11 is 12.4. The molecule has 8 heteroatoms. The Morgan fingerprint density at radius 2 is 1.77 bits per heavy atom. The SMILES string of the molecule is O=C1C2C3CCCN3C3(C(=O)Nc4c(Cl)cccc43)C2C(=O)N1c1ccc(Cl)cc1. The molecule has 2 aromatic rings. The molecular weight excluding hydrogens is 425 g/mol. The third-order valence-corrected chi connectivity index (χ3v) is 7.63. The minimum atomic E-state index is -1.21. The van der Waals surface area contributed by atoms with Gasteiger partial charge in [0.05, 0.1) is 28.2 Å². The van der Waals surface area contributed by atoms with Crippen LogP contribution >= 0.6 is 23.2 Å². The van der Waals surface area contributed by atoms with Crippen molar-refractivity contribution in [1.29, 1.82) is 0 Å². The van der Waals surface area contributed by atoms with Crippen LogP contribution in [0.1, 0.15) is 18.4 Å². The number of carbonyl (C=O) groups excluding carboxylic acids is 3. The van der Waals surface area contributed by atoms with Gasteiger partial charge in [-0.05, 0) is 49.7 Å². The van der Waals surface area contributed by atoms with E-state index >= 15 is 0 Å². The summed E-state index contributed by atoms with van der Waals surface area (Å²) in [5.74, 6) is -2.21. The Morgan fingerprint density at radius 3 is 2.53 bits per heavy atom. The summed E-state index contributed by atoms with van der Waals surface area (Å²) < 4.78 is 0. The van der Waals surface area contributed by atoms with Crippen LogP contribution in [0.25, 0.3) is 0 Å². The molecule has 4 unspecified atom stereocenters.